The lowest BCUT2D eigenvalue weighted by atomic mass is 10.1. The van der Waals surface area contributed by atoms with E-state index < -0.39 is 17.7 Å². The van der Waals surface area contributed by atoms with Crippen LogP contribution >= 0.6 is 11.8 Å². The van der Waals surface area contributed by atoms with E-state index in [1.165, 1.54) is 12.1 Å². The van der Waals surface area contributed by atoms with E-state index in [-0.39, 0.29) is 5.91 Å². The lowest BCUT2D eigenvalue weighted by Crippen LogP contribution is -2.41. The fourth-order valence-electron chi connectivity index (χ4n) is 2.44. The van der Waals surface area contributed by atoms with Crippen LogP contribution in [0.15, 0.2) is 18.2 Å². The summed E-state index contributed by atoms with van der Waals surface area (Å²) in [6.45, 7) is 1.98. The zero-order valence-corrected chi connectivity index (χ0v) is 13.1. The van der Waals surface area contributed by atoms with Crippen LogP contribution in [0, 0.1) is 11.6 Å². The number of carbonyl (C=O) groups is 1. The minimum absolute atomic E-state index is 0.148. The fourth-order valence-corrected chi connectivity index (χ4v) is 3.74. The van der Waals surface area contributed by atoms with Gasteiger partial charge in [0.15, 0.2) is 0 Å². The molecule has 2 rings (SSSR count). The highest BCUT2D eigenvalue weighted by Crippen LogP contribution is 2.21. The maximum atomic E-state index is 13.7. The van der Waals surface area contributed by atoms with Crippen LogP contribution in [-0.4, -0.2) is 41.9 Å². The number of thioether (sulfide) groups is 1. The van der Waals surface area contributed by atoms with Crippen LogP contribution in [0.5, 0.6) is 0 Å². The van der Waals surface area contributed by atoms with Gasteiger partial charge in [0, 0.05) is 23.4 Å². The summed E-state index contributed by atoms with van der Waals surface area (Å²) in [6, 6.07) is 3.35. The van der Waals surface area contributed by atoms with Crippen LogP contribution in [0.3, 0.4) is 0 Å². The number of hydrogen-bond acceptors (Lipinski definition) is 3. The molecule has 0 spiro atoms. The van der Waals surface area contributed by atoms with E-state index in [0.717, 1.165) is 24.0 Å². The third kappa shape index (κ3) is 4.41. The van der Waals surface area contributed by atoms with Crippen molar-refractivity contribution in [3.63, 3.8) is 0 Å². The van der Waals surface area contributed by atoms with Gasteiger partial charge in [-0.3, -0.25) is 9.69 Å². The van der Waals surface area contributed by atoms with Crippen LogP contribution in [0.1, 0.15) is 24.9 Å². The molecule has 3 nitrogen and oxygen atoms in total. The predicted molar refractivity (Wildman–Crippen MR) is 81.3 cm³/mol. The van der Waals surface area contributed by atoms with Gasteiger partial charge in [0.25, 0.3) is 0 Å². The smallest absolute Gasteiger partial charge is 0.234 e. The Labute approximate surface area is 128 Å². The standard InChI is InChI=1S/C15H20F2N2OS/c1-10(13-4-3-11(16)7-14(13)17)18-15(20)8-19(2)12-5-6-21-9-12/h3-4,7,10,12H,5-6,8-9H2,1-2H3,(H,18,20)/t10-,12-/m1/s1. The molecule has 1 aliphatic heterocycles. The minimum atomic E-state index is -0.636. The largest absolute Gasteiger partial charge is 0.348 e. The molecule has 116 valence electrons. The zero-order chi connectivity index (χ0) is 15.4. The van der Waals surface area contributed by atoms with Crippen molar-refractivity contribution in [1.29, 1.82) is 0 Å². The molecule has 1 aromatic rings. The van der Waals surface area contributed by atoms with Gasteiger partial charge >= 0.3 is 0 Å². The molecular weight excluding hydrogens is 294 g/mol. The van der Waals surface area contributed by atoms with Crippen LogP contribution < -0.4 is 5.32 Å². The summed E-state index contributed by atoms with van der Waals surface area (Å²) in [5.74, 6) is 0.780. The van der Waals surface area contributed by atoms with Crippen molar-refractivity contribution in [1.82, 2.24) is 10.2 Å². The molecule has 1 amide bonds. The van der Waals surface area contributed by atoms with E-state index >= 15 is 0 Å². The summed E-state index contributed by atoms with van der Waals surface area (Å²) in [5, 5.41) is 2.76. The van der Waals surface area contributed by atoms with Crippen LogP contribution in [0.25, 0.3) is 0 Å². The fraction of sp³-hybridized carbons (Fsp3) is 0.533. The van der Waals surface area contributed by atoms with E-state index in [0.29, 0.717) is 18.2 Å². The van der Waals surface area contributed by atoms with Gasteiger partial charge in [0.1, 0.15) is 11.6 Å². The van der Waals surface area contributed by atoms with Gasteiger partial charge in [-0.05, 0) is 32.2 Å². The Bertz CT molecular complexity index is 506. The average Bonchev–Trinajstić information content (AvgIpc) is 2.91. The Morgan fingerprint density at radius 3 is 2.90 bits per heavy atom. The monoisotopic (exact) mass is 314 g/mol. The van der Waals surface area contributed by atoms with Crippen LogP contribution in [0.4, 0.5) is 8.78 Å². The number of nitrogens with zero attached hydrogens (tertiary/aromatic N) is 1. The van der Waals surface area contributed by atoms with Gasteiger partial charge in [-0.15, -0.1) is 0 Å². The molecule has 1 N–H and O–H groups in total. The quantitative estimate of drug-likeness (QED) is 0.906. The Kier molecular flexibility index (Phi) is 5.58. The second kappa shape index (κ2) is 7.22. The molecule has 1 aromatic carbocycles. The molecule has 21 heavy (non-hydrogen) atoms. The summed E-state index contributed by atoms with van der Waals surface area (Å²) in [4.78, 5) is 14.0. The van der Waals surface area contributed by atoms with Crippen molar-refractivity contribution in [2.75, 3.05) is 25.1 Å². The first-order chi connectivity index (χ1) is 9.97. The molecule has 0 unspecified atom stereocenters. The number of carbonyl (C=O) groups excluding carboxylic acids is 1. The third-order valence-corrected chi connectivity index (χ3v) is 4.87. The predicted octanol–water partition coefficient (Wildman–Crippen LogP) is 2.58. The van der Waals surface area contributed by atoms with E-state index in [2.05, 4.69) is 5.32 Å². The van der Waals surface area contributed by atoms with E-state index in [1.54, 1.807) is 6.92 Å². The number of rotatable bonds is 5. The lowest BCUT2D eigenvalue weighted by molar-refractivity contribution is -0.123. The van der Waals surface area contributed by atoms with Crippen molar-refractivity contribution < 1.29 is 13.6 Å². The van der Waals surface area contributed by atoms with Gasteiger partial charge in [-0.2, -0.15) is 11.8 Å². The summed E-state index contributed by atoms with van der Waals surface area (Å²) in [7, 11) is 1.93. The van der Waals surface area contributed by atoms with Crippen LogP contribution in [-0.2, 0) is 4.79 Å². The molecule has 0 aliphatic carbocycles. The highest BCUT2D eigenvalue weighted by atomic mass is 32.2. The van der Waals surface area contributed by atoms with E-state index in [9.17, 15) is 13.6 Å². The number of likely N-dealkylation sites (N-methyl/N-ethyl adjacent to an activating group) is 1. The molecule has 0 aromatic heterocycles. The Balaban J connectivity index is 1.89. The normalized spacial score (nSPS) is 19.8. The Morgan fingerprint density at radius 2 is 2.29 bits per heavy atom. The van der Waals surface area contributed by atoms with E-state index in [1.807, 2.05) is 23.7 Å². The molecule has 1 aliphatic rings. The lowest BCUT2D eigenvalue weighted by Gasteiger charge is -2.24. The average molecular weight is 314 g/mol. The molecule has 0 radical (unpaired) electrons. The molecule has 0 saturated carbocycles. The van der Waals surface area contributed by atoms with Crippen molar-refractivity contribution in [3.8, 4) is 0 Å². The Morgan fingerprint density at radius 1 is 1.52 bits per heavy atom. The minimum Gasteiger partial charge on any atom is -0.348 e. The number of amides is 1. The van der Waals surface area contributed by atoms with Crippen LogP contribution in [0.2, 0.25) is 0 Å². The topological polar surface area (TPSA) is 32.3 Å². The van der Waals surface area contributed by atoms with Gasteiger partial charge in [-0.1, -0.05) is 6.07 Å². The molecule has 6 heteroatoms. The van der Waals surface area contributed by atoms with E-state index in [4.69, 9.17) is 0 Å². The van der Waals surface area contributed by atoms with Crippen molar-refractivity contribution >= 4 is 17.7 Å². The van der Waals surface area contributed by atoms with Gasteiger partial charge in [0.05, 0.1) is 12.6 Å². The molecule has 0 bridgehead atoms. The number of nitrogens with one attached hydrogen (secondary N) is 1. The second-order valence-electron chi connectivity index (χ2n) is 5.39. The molecule has 1 heterocycles. The summed E-state index contributed by atoms with van der Waals surface area (Å²) in [6.07, 6.45) is 1.09. The maximum absolute atomic E-state index is 13.7. The van der Waals surface area contributed by atoms with Crippen molar-refractivity contribution in [3.05, 3.63) is 35.4 Å². The third-order valence-electron chi connectivity index (χ3n) is 3.73. The van der Waals surface area contributed by atoms with Crippen molar-refractivity contribution in [2.24, 2.45) is 0 Å². The van der Waals surface area contributed by atoms with Gasteiger partial charge < -0.3 is 5.32 Å². The summed E-state index contributed by atoms with van der Waals surface area (Å²) in [5.41, 5.74) is 0.295. The highest BCUT2D eigenvalue weighted by molar-refractivity contribution is 7.99. The number of benzene rings is 1. The van der Waals surface area contributed by atoms with Gasteiger partial charge in [0.2, 0.25) is 5.91 Å². The number of hydrogen-bond donors (Lipinski definition) is 1. The highest BCUT2D eigenvalue weighted by Gasteiger charge is 2.22. The molecule has 1 saturated heterocycles. The first-order valence-corrected chi connectivity index (χ1v) is 8.15. The number of halogens is 2. The second-order valence-corrected chi connectivity index (χ2v) is 6.54. The first-order valence-electron chi connectivity index (χ1n) is 6.99. The molecular formula is C15H20F2N2OS. The van der Waals surface area contributed by atoms with Crippen molar-refractivity contribution in [2.45, 2.75) is 25.4 Å². The maximum Gasteiger partial charge on any atom is 0.234 e. The van der Waals surface area contributed by atoms with Gasteiger partial charge in [-0.25, -0.2) is 8.78 Å². The summed E-state index contributed by atoms with van der Waals surface area (Å²) >= 11 is 1.89. The SMILES string of the molecule is C[C@@H](NC(=O)CN(C)[C@@H]1CCSC1)c1ccc(F)cc1F. The summed E-state index contributed by atoms with van der Waals surface area (Å²) < 4.78 is 26.5. The Hall–Kier alpha value is -1.14. The zero-order valence-electron chi connectivity index (χ0n) is 12.2. The molecule has 1 fully saturated rings. The first kappa shape index (κ1) is 16.2. The molecule has 2 atom stereocenters.